The highest BCUT2D eigenvalue weighted by Gasteiger charge is 2.32. The van der Waals surface area contributed by atoms with Crippen LogP contribution < -0.4 is 9.47 Å². The summed E-state index contributed by atoms with van der Waals surface area (Å²) in [7, 11) is 0. The summed E-state index contributed by atoms with van der Waals surface area (Å²) in [6.07, 6.45) is 4.05. The van der Waals surface area contributed by atoms with E-state index in [0.29, 0.717) is 52.4 Å². The third kappa shape index (κ3) is 6.86. The van der Waals surface area contributed by atoms with E-state index in [1.165, 1.54) is 23.9 Å². The van der Waals surface area contributed by atoms with Crippen molar-refractivity contribution in [2.75, 3.05) is 13.2 Å². The molecule has 0 aromatic heterocycles. The van der Waals surface area contributed by atoms with E-state index in [4.69, 9.17) is 9.47 Å². The quantitative estimate of drug-likeness (QED) is 0.206. The van der Waals surface area contributed by atoms with Crippen LogP contribution in [0.15, 0.2) is 83.2 Å². The van der Waals surface area contributed by atoms with Gasteiger partial charge in [-0.25, -0.2) is 9.79 Å². The predicted molar refractivity (Wildman–Crippen MR) is 160 cm³/mol. The molecule has 1 N–H and O–H groups in total. The number of benzene rings is 3. The van der Waals surface area contributed by atoms with Gasteiger partial charge in [0.25, 0.3) is 5.91 Å². The fourth-order valence-electron chi connectivity index (χ4n) is 4.25. The van der Waals surface area contributed by atoms with Crippen LogP contribution in [0, 0.1) is 11.3 Å². The van der Waals surface area contributed by atoms with Gasteiger partial charge in [0, 0.05) is 17.7 Å². The molecule has 4 rings (SSSR count). The van der Waals surface area contributed by atoms with Gasteiger partial charge < -0.3 is 14.6 Å². The number of ether oxygens (including phenoxy) is 2. The number of carboxylic acid groups (broad SMARTS) is 1. The number of carboxylic acids is 1. The minimum atomic E-state index is -1.04. The van der Waals surface area contributed by atoms with Crippen LogP contribution in [-0.2, 0) is 17.8 Å². The van der Waals surface area contributed by atoms with E-state index < -0.39 is 5.97 Å². The maximum Gasteiger partial charge on any atom is 0.335 e. The molecule has 0 bridgehead atoms. The summed E-state index contributed by atoms with van der Waals surface area (Å²) < 4.78 is 12.2. The molecule has 8 nitrogen and oxygen atoms in total. The molecule has 208 valence electrons. The second-order valence-corrected chi connectivity index (χ2v) is 9.91. The monoisotopic (exact) mass is 567 g/mol. The van der Waals surface area contributed by atoms with Crippen molar-refractivity contribution in [2.45, 2.75) is 26.9 Å². The van der Waals surface area contributed by atoms with Crippen LogP contribution in [0.4, 0.5) is 5.69 Å². The lowest BCUT2D eigenvalue weighted by atomic mass is 10.0. The fourth-order valence-corrected chi connectivity index (χ4v) is 5.31. The number of nitriles is 1. The Morgan fingerprint density at radius 1 is 1.12 bits per heavy atom. The zero-order valence-electron chi connectivity index (χ0n) is 22.8. The molecule has 1 amide bonds. The molecule has 0 unspecified atom stereocenters. The van der Waals surface area contributed by atoms with Crippen LogP contribution in [0.25, 0.3) is 6.08 Å². The molecular weight excluding hydrogens is 538 g/mol. The average Bonchev–Trinajstić information content (AvgIpc) is 3.26. The van der Waals surface area contributed by atoms with Crippen LogP contribution in [0.2, 0.25) is 0 Å². The number of hydrogen-bond donors (Lipinski definition) is 1. The molecule has 1 aliphatic rings. The molecule has 1 fully saturated rings. The van der Waals surface area contributed by atoms with E-state index in [1.54, 1.807) is 35.3 Å². The lowest BCUT2D eigenvalue weighted by Gasteiger charge is -2.17. The predicted octanol–water partition coefficient (Wildman–Crippen LogP) is 6.59. The lowest BCUT2D eigenvalue weighted by molar-refractivity contribution is -0.122. The van der Waals surface area contributed by atoms with Crippen molar-refractivity contribution in [3.63, 3.8) is 0 Å². The normalized spacial score (nSPS) is 14.8. The maximum absolute atomic E-state index is 13.3. The van der Waals surface area contributed by atoms with E-state index in [-0.39, 0.29) is 18.1 Å². The van der Waals surface area contributed by atoms with Gasteiger partial charge in [-0.3, -0.25) is 9.69 Å². The molecule has 3 aromatic carbocycles. The van der Waals surface area contributed by atoms with Gasteiger partial charge in [0.1, 0.15) is 6.61 Å². The van der Waals surface area contributed by atoms with Gasteiger partial charge in [0.05, 0.1) is 34.4 Å². The number of carbonyl (C=O) groups is 2. The van der Waals surface area contributed by atoms with Crippen LogP contribution in [0.3, 0.4) is 0 Å². The molecule has 9 heteroatoms. The lowest BCUT2D eigenvalue weighted by Crippen LogP contribution is -2.28. The van der Waals surface area contributed by atoms with Crippen LogP contribution in [0.5, 0.6) is 11.5 Å². The molecule has 1 saturated heterocycles. The highest BCUT2D eigenvalue weighted by molar-refractivity contribution is 8.18. The van der Waals surface area contributed by atoms with Crippen LogP contribution >= 0.6 is 11.8 Å². The second-order valence-electron chi connectivity index (χ2n) is 8.90. The van der Waals surface area contributed by atoms with Crippen molar-refractivity contribution in [1.82, 2.24) is 4.90 Å². The van der Waals surface area contributed by atoms with Gasteiger partial charge >= 0.3 is 5.97 Å². The summed E-state index contributed by atoms with van der Waals surface area (Å²) in [6.45, 7) is 8.62. The summed E-state index contributed by atoms with van der Waals surface area (Å²) in [5.74, 6) is -0.155. The third-order valence-electron chi connectivity index (χ3n) is 6.15. The number of hydrogen-bond acceptors (Lipinski definition) is 7. The van der Waals surface area contributed by atoms with Crippen molar-refractivity contribution < 1.29 is 24.2 Å². The summed E-state index contributed by atoms with van der Waals surface area (Å²) in [6, 6.07) is 19.5. The number of carbonyl (C=O) groups excluding carboxylic acids is 1. The molecule has 3 aromatic rings. The Balaban J connectivity index is 1.69. The zero-order chi connectivity index (χ0) is 29.4. The smallest absolute Gasteiger partial charge is 0.335 e. The Hall–Kier alpha value is -4.81. The van der Waals surface area contributed by atoms with Gasteiger partial charge in [-0.05, 0) is 80.1 Å². The number of allylic oxidation sites excluding steroid dienone is 1. The first-order valence-electron chi connectivity index (χ1n) is 13.0. The Labute approximate surface area is 243 Å². The topological polar surface area (TPSA) is 112 Å². The first-order chi connectivity index (χ1) is 19.9. The number of likely N-dealkylation sites (N-methyl/N-ethyl adjacent to an activating group) is 1. The number of amides is 1. The molecule has 1 aliphatic heterocycles. The number of aliphatic imine (C=N–C) groups is 1. The molecule has 0 atom stereocenters. The van der Waals surface area contributed by atoms with Gasteiger partial charge in [-0.2, -0.15) is 5.26 Å². The highest BCUT2D eigenvalue weighted by atomic mass is 32.2. The molecule has 0 radical (unpaired) electrons. The number of amidine groups is 1. The number of rotatable bonds is 11. The fraction of sp³-hybridized carbons (Fsp3) is 0.188. The Morgan fingerprint density at radius 2 is 1.93 bits per heavy atom. The van der Waals surface area contributed by atoms with Gasteiger partial charge in [0.2, 0.25) is 0 Å². The summed E-state index contributed by atoms with van der Waals surface area (Å²) >= 11 is 1.23. The number of thioether (sulfide) groups is 1. The highest BCUT2D eigenvalue weighted by Crippen LogP contribution is 2.38. The standard InChI is InChI=1S/C32H29N3O5S/c1-4-10-22-15-21(16-27(39-6-3)29(22)40-20-25-12-8-7-11-24(25)19-33)17-28-30(36)35(5-2)32(41-28)34-26-14-9-13-23(18-26)31(37)38/h4,7-9,11-18H,1,5-6,10,20H2,2-3H3,(H,37,38). The zero-order valence-corrected chi connectivity index (χ0v) is 23.6. The minimum Gasteiger partial charge on any atom is -0.490 e. The Bertz CT molecular complexity index is 1590. The van der Waals surface area contributed by atoms with Gasteiger partial charge in [0.15, 0.2) is 16.7 Å². The molecule has 0 saturated carbocycles. The summed E-state index contributed by atoms with van der Waals surface area (Å²) in [5, 5.41) is 19.2. The second kappa shape index (κ2) is 13.5. The van der Waals surface area contributed by atoms with E-state index >= 15 is 0 Å². The van der Waals surface area contributed by atoms with E-state index in [1.807, 2.05) is 44.2 Å². The molecule has 0 aliphatic carbocycles. The first kappa shape index (κ1) is 29.2. The molecular formula is C32H29N3O5S. The SMILES string of the molecule is C=CCc1cc(C=C2SC(=Nc3cccc(C(=O)O)c3)N(CC)C2=O)cc(OCC)c1OCc1ccccc1C#N. The van der Waals surface area contributed by atoms with E-state index in [2.05, 4.69) is 17.6 Å². The largest absolute Gasteiger partial charge is 0.490 e. The Morgan fingerprint density at radius 3 is 2.63 bits per heavy atom. The van der Waals surface area contributed by atoms with Crippen molar-refractivity contribution in [2.24, 2.45) is 4.99 Å². The van der Waals surface area contributed by atoms with Crippen LogP contribution in [0.1, 0.15) is 46.5 Å². The minimum absolute atomic E-state index is 0.122. The van der Waals surface area contributed by atoms with Crippen molar-refractivity contribution in [3.05, 3.63) is 106 Å². The maximum atomic E-state index is 13.3. The molecule has 41 heavy (non-hydrogen) atoms. The average molecular weight is 568 g/mol. The van der Waals surface area contributed by atoms with Crippen molar-refractivity contribution in [3.8, 4) is 17.6 Å². The summed E-state index contributed by atoms with van der Waals surface area (Å²) in [5.41, 5.74) is 3.45. The molecule has 0 spiro atoms. The van der Waals surface area contributed by atoms with Crippen molar-refractivity contribution in [1.29, 1.82) is 5.26 Å². The van der Waals surface area contributed by atoms with Crippen LogP contribution in [-0.4, -0.2) is 40.2 Å². The molecule has 1 heterocycles. The van der Waals surface area contributed by atoms with E-state index in [0.717, 1.165) is 16.7 Å². The third-order valence-corrected chi connectivity index (χ3v) is 7.15. The Kier molecular flexibility index (Phi) is 9.61. The van der Waals surface area contributed by atoms with Crippen molar-refractivity contribution >= 4 is 40.6 Å². The summed E-state index contributed by atoms with van der Waals surface area (Å²) in [4.78, 5) is 31.3. The number of nitrogens with zero attached hydrogens (tertiary/aromatic N) is 3. The van der Waals surface area contributed by atoms with Gasteiger partial charge in [-0.1, -0.05) is 30.3 Å². The van der Waals surface area contributed by atoms with Gasteiger partial charge in [-0.15, -0.1) is 6.58 Å². The number of aromatic carboxylic acids is 1. The first-order valence-corrected chi connectivity index (χ1v) is 13.8. The van der Waals surface area contributed by atoms with E-state index in [9.17, 15) is 20.0 Å².